The molecular formula is C15H21Cl2FN4O. The second-order valence-corrected chi connectivity index (χ2v) is 5.24. The van der Waals surface area contributed by atoms with Crippen LogP contribution in [0.25, 0.3) is 11.0 Å². The van der Waals surface area contributed by atoms with E-state index >= 15 is 0 Å². The van der Waals surface area contributed by atoms with Gasteiger partial charge >= 0.3 is 0 Å². The van der Waals surface area contributed by atoms with Gasteiger partial charge in [0.15, 0.2) is 0 Å². The average Bonchev–Trinajstić information content (AvgIpc) is 2.39. The molecule has 1 aromatic heterocycles. The number of nitrogens with zero attached hydrogens (tertiary/aromatic N) is 2. The molecule has 1 unspecified atom stereocenters. The van der Waals surface area contributed by atoms with Crippen LogP contribution in [-0.2, 0) is 0 Å². The van der Waals surface area contributed by atoms with Crippen LogP contribution in [0.5, 0.6) is 0 Å². The molecule has 8 heteroatoms. The van der Waals surface area contributed by atoms with Gasteiger partial charge in [0.2, 0.25) is 0 Å². The van der Waals surface area contributed by atoms with Crippen molar-refractivity contribution in [3.63, 3.8) is 0 Å². The summed E-state index contributed by atoms with van der Waals surface area (Å²) in [6.07, 6.45) is 0.656. The van der Waals surface area contributed by atoms with E-state index in [0.29, 0.717) is 24.0 Å². The van der Waals surface area contributed by atoms with Gasteiger partial charge in [-0.25, -0.2) is 14.4 Å². The van der Waals surface area contributed by atoms with Crippen molar-refractivity contribution in [3.05, 3.63) is 34.9 Å². The highest BCUT2D eigenvalue weighted by Crippen LogP contribution is 2.19. The Balaban J connectivity index is 0.00000242. The minimum absolute atomic E-state index is 0. The van der Waals surface area contributed by atoms with E-state index in [1.165, 1.54) is 12.1 Å². The van der Waals surface area contributed by atoms with Crippen molar-refractivity contribution < 1.29 is 9.18 Å². The maximum absolute atomic E-state index is 13.7. The first-order valence-corrected chi connectivity index (χ1v) is 6.86. The predicted molar refractivity (Wildman–Crippen MR) is 94.1 cm³/mol. The number of carbonyl (C=O) groups is 1. The van der Waals surface area contributed by atoms with Gasteiger partial charge in [0.05, 0.1) is 22.5 Å². The van der Waals surface area contributed by atoms with Crippen LogP contribution in [0.2, 0.25) is 0 Å². The number of nitrogens with two attached hydrogens (primary N) is 1. The van der Waals surface area contributed by atoms with Crippen molar-refractivity contribution >= 4 is 41.8 Å². The molecule has 0 aliphatic heterocycles. The third-order valence-electron chi connectivity index (χ3n) is 3.28. The molecule has 0 saturated carbocycles. The van der Waals surface area contributed by atoms with Gasteiger partial charge in [0, 0.05) is 18.7 Å². The quantitative estimate of drug-likeness (QED) is 0.875. The minimum atomic E-state index is -0.502. The Kier molecular flexibility index (Phi) is 8.37. The normalized spacial score (nSPS) is 11.3. The number of aromatic nitrogens is 2. The van der Waals surface area contributed by atoms with Gasteiger partial charge in [-0.1, -0.05) is 0 Å². The summed E-state index contributed by atoms with van der Waals surface area (Å²) in [7, 11) is 0. The number of aryl methyl sites for hydroxylation is 2. The lowest BCUT2D eigenvalue weighted by atomic mass is 10.1. The lowest BCUT2D eigenvalue weighted by Gasteiger charge is -2.10. The van der Waals surface area contributed by atoms with Crippen LogP contribution in [0.3, 0.4) is 0 Å². The molecule has 0 saturated heterocycles. The molecule has 128 valence electrons. The molecule has 1 heterocycles. The molecule has 0 radical (unpaired) electrons. The minimum Gasteiger partial charge on any atom is -0.352 e. The van der Waals surface area contributed by atoms with Gasteiger partial charge in [0.25, 0.3) is 5.91 Å². The zero-order valence-electron chi connectivity index (χ0n) is 13.2. The zero-order valence-corrected chi connectivity index (χ0v) is 14.9. The van der Waals surface area contributed by atoms with Crippen molar-refractivity contribution in [3.8, 4) is 0 Å². The Morgan fingerprint density at radius 3 is 2.48 bits per heavy atom. The molecule has 1 aromatic carbocycles. The zero-order chi connectivity index (χ0) is 15.6. The number of benzene rings is 1. The summed E-state index contributed by atoms with van der Waals surface area (Å²) in [4.78, 5) is 20.9. The summed E-state index contributed by atoms with van der Waals surface area (Å²) in [6, 6.07) is 2.47. The third-order valence-corrected chi connectivity index (χ3v) is 3.28. The maximum Gasteiger partial charge on any atom is 0.253 e. The Bertz CT molecular complexity index is 695. The van der Waals surface area contributed by atoms with Gasteiger partial charge in [-0.2, -0.15) is 0 Å². The van der Waals surface area contributed by atoms with Crippen LogP contribution in [-0.4, -0.2) is 28.5 Å². The maximum atomic E-state index is 13.7. The molecule has 0 spiro atoms. The fraction of sp³-hybridized carbons (Fsp3) is 0.400. The molecule has 2 rings (SSSR count). The van der Waals surface area contributed by atoms with E-state index in [4.69, 9.17) is 5.73 Å². The second-order valence-electron chi connectivity index (χ2n) is 5.24. The monoisotopic (exact) mass is 362 g/mol. The Labute approximate surface area is 147 Å². The van der Waals surface area contributed by atoms with E-state index < -0.39 is 5.82 Å². The van der Waals surface area contributed by atoms with Crippen LogP contribution in [0, 0.1) is 19.7 Å². The molecule has 0 fully saturated rings. The first-order chi connectivity index (χ1) is 9.88. The fourth-order valence-corrected chi connectivity index (χ4v) is 1.98. The molecular weight excluding hydrogens is 342 g/mol. The number of carbonyl (C=O) groups excluding carboxylic acids is 1. The van der Waals surface area contributed by atoms with Crippen LogP contribution in [0.15, 0.2) is 12.1 Å². The molecule has 0 aliphatic carbocycles. The van der Waals surface area contributed by atoms with Crippen LogP contribution >= 0.6 is 24.8 Å². The lowest BCUT2D eigenvalue weighted by molar-refractivity contribution is 0.0954. The summed E-state index contributed by atoms with van der Waals surface area (Å²) in [5, 5.41) is 2.73. The highest BCUT2D eigenvalue weighted by molar-refractivity contribution is 6.04. The molecule has 0 bridgehead atoms. The molecule has 23 heavy (non-hydrogen) atoms. The largest absolute Gasteiger partial charge is 0.352 e. The van der Waals surface area contributed by atoms with E-state index in [0.717, 1.165) is 11.4 Å². The highest BCUT2D eigenvalue weighted by atomic mass is 35.5. The Morgan fingerprint density at radius 2 is 1.87 bits per heavy atom. The van der Waals surface area contributed by atoms with Crippen LogP contribution in [0.4, 0.5) is 4.39 Å². The van der Waals surface area contributed by atoms with Crippen molar-refractivity contribution in [1.29, 1.82) is 0 Å². The van der Waals surface area contributed by atoms with Crippen molar-refractivity contribution in [1.82, 2.24) is 15.3 Å². The summed E-state index contributed by atoms with van der Waals surface area (Å²) >= 11 is 0. The number of nitrogens with one attached hydrogen (secondary N) is 1. The fourth-order valence-electron chi connectivity index (χ4n) is 1.98. The lowest BCUT2D eigenvalue weighted by Crippen LogP contribution is -2.29. The first-order valence-electron chi connectivity index (χ1n) is 6.86. The van der Waals surface area contributed by atoms with Crippen molar-refractivity contribution in [2.75, 3.05) is 6.54 Å². The number of fused-ring (bicyclic) bond motifs is 1. The number of halogens is 3. The van der Waals surface area contributed by atoms with E-state index in [9.17, 15) is 9.18 Å². The van der Waals surface area contributed by atoms with E-state index in [1.54, 1.807) is 6.92 Å². The SMILES string of the molecule is Cc1nc2cc(F)cc(C(=O)NCCC(C)N)c2nc1C.Cl.Cl. The van der Waals surface area contributed by atoms with Crippen molar-refractivity contribution in [2.45, 2.75) is 33.2 Å². The second kappa shape index (κ2) is 8.96. The van der Waals surface area contributed by atoms with E-state index in [2.05, 4.69) is 15.3 Å². The number of hydrogen-bond acceptors (Lipinski definition) is 4. The van der Waals surface area contributed by atoms with Gasteiger partial charge in [-0.3, -0.25) is 4.79 Å². The van der Waals surface area contributed by atoms with E-state index in [-0.39, 0.29) is 42.3 Å². The summed E-state index contributed by atoms with van der Waals surface area (Å²) in [6.45, 7) is 5.91. The van der Waals surface area contributed by atoms with Gasteiger partial charge < -0.3 is 11.1 Å². The summed E-state index contributed by atoms with van der Waals surface area (Å²) in [5.41, 5.74) is 8.07. The van der Waals surface area contributed by atoms with E-state index in [1.807, 2.05) is 13.8 Å². The number of rotatable bonds is 4. The van der Waals surface area contributed by atoms with Gasteiger partial charge in [-0.15, -0.1) is 24.8 Å². The van der Waals surface area contributed by atoms with Crippen LogP contribution in [0.1, 0.15) is 35.1 Å². The average molecular weight is 363 g/mol. The number of hydrogen-bond donors (Lipinski definition) is 2. The molecule has 1 amide bonds. The first kappa shape index (κ1) is 21.5. The highest BCUT2D eigenvalue weighted by Gasteiger charge is 2.15. The van der Waals surface area contributed by atoms with Gasteiger partial charge in [0.1, 0.15) is 11.3 Å². The summed E-state index contributed by atoms with van der Waals surface area (Å²) in [5.74, 6) is -0.866. The Hall–Kier alpha value is -1.50. The third kappa shape index (κ3) is 5.27. The molecule has 5 nitrogen and oxygen atoms in total. The molecule has 0 aliphatic rings. The predicted octanol–water partition coefficient (Wildman–Crippen LogP) is 2.70. The van der Waals surface area contributed by atoms with Crippen molar-refractivity contribution in [2.24, 2.45) is 5.73 Å². The molecule has 2 aromatic rings. The molecule has 1 atom stereocenters. The topological polar surface area (TPSA) is 80.9 Å². The number of amides is 1. The Morgan fingerprint density at radius 1 is 1.26 bits per heavy atom. The molecule has 3 N–H and O–H groups in total. The van der Waals surface area contributed by atoms with Crippen LogP contribution < -0.4 is 11.1 Å². The smallest absolute Gasteiger partial charge is 0.253 e. The van der Waals surface area contributed by atoms with Gasteiger partial charge in [-0.05, 0) is 33.3 Å². The summed E-state index contributed by atoms with van der Waals surface area (Å²) < 4.78 is 13.7. The standard InChI is InChI=1S/C15H19FN4O.2ClH/c1-8(17)4-5-18-15(21)12-6-11(16)7-13-14(12)20-10(3)9(2)19-13;;/h6-8H,4-5,17H2,1-3H3,(H,18,21);2*1H.